The lowest BCUT2D eigenvalue weighted by Crippen LogP contribution is -2.46. The second kappa shape index (κ2) is 10.2. The molecule has 1 aromatic heterocycles. The maximum Gasteiger partial charge on any atom is 0.423 e. The largest absolute Gasteiger partial charge is 0.459 e. The summed E-state index contributed by atoms with van der Waals surface area (Å²) in [6.45, 7) is -0.920. The number of halogens is 5. The Kier molecular flexibility index (Phi) is 7.18. The van der Waals surface area contributed by atoms with Gasteiger partial charge >= 0.3 is 29.7 Å². The van der Waals surface area contributed by atoms with E-state index in [1.807, 2.05) is 0 Å². The maximum atomic E-state index is 15.6. The predicted octanol–water partition coefficient (Wildman–Crippen LogP) is 3.17. The Morgan fingerprint density at radius 1 is 0.947 bits per heavy atom. The first kappa shape index (κ1) is 26.7. The lowest BCUT2D eigenvalue weighted by molar-refractivity contribution is -0.148. The Bertz CT molecular complexity index is 1440. The van der Waals surface area contributed by atoms with Gasteiger partial charge in [0.1, 0.15) is 18.3 Å². The van der Waals surface area contributed by atoms with Crippen LogP contribution in [-0.2, 0) is 20.4 Å². The number of nitrogens with zero attached hydrogens (tertiary/aromatic N) is 1. The number of carbonyl (C=O) groups excluding carboxylic acids is 2. The number of ether oxygens (including phenoxy) is 3. The highest BCUT2D eigenvalue weighted by Crippen LogP contribution is 2.44. The van der Waals surface area contributed by atoms with Crippen LogP contribution in [0.15, 0.2) is 76.4 Å². The maximum absolute atomic E-state index is 15.6. The van der Waals surface area contributed by atoms with Crippen molar-refractivity contribution in [3.8, 4) is 0 Å². The van der Waals surface area contributed by atoms with Crippen LogP contribution in [0, 0.1) is 0 Å². The van der Waals surface area contributed by atoms with Gasteiger partial charge in [-0.25, -0.2) is 14.4 Å². The van der Waals surface area contributed by atoms with E-state index in [1.54, 1.807) is 12.1 Å². The first-order valence-electron chi connectivity index (χ1n) is 10.8. The zero-order valence-electron chi connectivity index (χ0n) is 19.0. The molecule has 3 atom stereocenters. The molecule has 0 aliphatic carbocycles. The number of hydrogen-bond donors (Lipinski definition) is 1. The quantitative estimate of drug-likeness (QED) is 0.377. The fraction of sp³-hybridized carbons (Fsp3) is 0.250. The molecule has 1 aliphatic rings. The van der Waals surface area contributed by atoms with Crippen LogP contribution in [0.2, 0.25) is 0 Å². The molecule has 1 saturated heterocycles. The average molecular weight is 540 g/mol. The van der Waals surface area contributed by atoms with E-state index in [1.165, 1.54) is 53.5 Å². The Morgan fingerprint density at radius 2 is 1.50 bits per heavy atom. The molecule has 3 aromatic rings. The van der Waals surface area contributed by atoms with Gasteiger partial charge in [-0.05, 0) is 24.3 Å². The fourth-order valence-electron chi connectivity index (χ4n) is 3.68. The van der Waals surface area contributed by atoms with Crippen LogP contribution in [0.5, 0.6) is 0 Å². The van der Waals surface area contributed by atoms with Crippen LogP contribution in [0.3, 0.4) is 0 Å². The second-order valence-electron chi connectivity index (χ2n) is 8.06. The molecule has 2 aromatic carbocycles. The van der Waals surface area contributed by atoms with Gasteiger partial charge in [0.2, 0.25) is 6.23 Å². The zero-order valence-corrected chi connectivity index (χ0v) is 19.0. The van der Waals surface area contributed by atoms with Crippen molar-refractivity contribution in [2.24, 2.45) is 0 Å². The van der Waals surface area contributed by atoms with Crippen LogP contribution in [-0.4, -0.2) is 46.2 Å². The summed E-state index contributed by atoms with van der Waals surface area (Å²) < 4.78 is 85.8. The summed E-state index contributed by atoms with van der Waals surface area (Å²) >= 11 is 0. The predicted molar refractivity (Wildman–Crippen MR) is 118 cm³/mol. The molecule has 0 bridgehead atoms. The number of benzene rings is 2. The van der Waals surface area contributed by atoms with Gasteiger partial charge in [-0.1, -0.05) is 36.4 Å². The molecule has 1 aliphatic heterocycles. The number of rotatable bonds is 6. The van der Waals surface area contributed by atoms with Crippen LogP contribution in [0.4, 0.5) is 22.0 Å². The van der Waals surface area contributed by atoms with Crippen molar-refractivity contribution in [3.05, 3.63) is 104 Å². The molecule has 200 valence electrons. The second-order valence-corrected chi connectivity index (χ2v) is 8.06. The number of aromatic nitrogens is 2. The smallest absolute Gasteiger partial charge is 0.423 e. The Balaban J connectivity index is 1.69. The number of carbonyl (C=O) groups is 2. The van der Waals surface area contributed by atoms with E-state index in [9.17, 15) is 32.3 Å². The highest BCUT2D eigenvalue weighted by Gasteiger charge is 2.63. The van der Waals surface area contributed by atoms with E-state index < -0.39 is 65.9 Å². The Morgan fingerprint density at radius 3 is 2.05 bits per heavy atom. The summed E-state index contributed by atoms with van der Waals surface area (Å²) in [6, 6.07) is 14.3. The minimum absolute atomic E-state index is 0.0540. The Labute approximate surface area is 209 Å². The van der Waals surface area contributed by atoms with Gasteiger partial charge in [-0.2, -0.15) is 22.0 Å². The average Bonchev–Trinajstić information content (AvgIpc) is 3.12. The molecule has 0 spiro atoms. The number of esters is 2. The molecule has 0 radical (unpaired) electrons. The molecule has 2 heterocycles. The van der Waals surface area contributed by atoms with Crippen LogP contribution in [0.25, 0.3) is 0 Å². The molecule has 1 N–H and O–H groups in total. The molecule has 1 unspecified atom stereocenters. The molecule has 38 heavy (non-hydrogen) atoms. The van der Waals surface area contributed by atoms with Gasteiger partial charge in [0.05, 0.1) is 11.1 Å². The molecule has 1 fully saturated rings. The number of H-pyrrole nitrogens is 1. The first-order valence-corrected chi connectivity index (χ1v) is 10.8. The first-order chi connectivity index (χ1) is 17.9. The minimum atomic E-state index is -5.29. The van der Waals surface area contributed by atoms with Gasteiger partial charge in [0.25, 0.3) is 5.56 Å². The topological polar surface area (TPSA) is 117 Å². The van der Waals surface area contributed by atoms with Crippen molar-refractivity contribution in [1.29, 1.82) is 0 Å². The molecule has 0 amide bonds. The molecular weight excluding hydrogens is 523 g/mol. The molecular formula is C24H17F5N2O7. The van der Waals surface area contributed by atoms with Crippen molar-refractivity contribution in [3.63, 3.8) is 0 Å². The lowest BCUT2D eigenvalue weighted by Gasteiger charge is -2.24. The molecule has 9 nitrogen and oxygen atoms in total. The fourth-order valence-corrected chi connectivity index (χ4v) is 3.68. The normalized spacial score (nSPS) is 20.6. The summed E-state index contributed by atoms with van der Waals surface area (Å²) in [6.07, 6.45) is -12.6. The standard InChI is InChI=1S/C24H17F5N2O7/c25-23(26)17(38-20(34)14-9-5-2-6-10-14)16(12-36-19(33)13-7-3-1-4-8-13)37-21(23)31-11-15(24(27,28)29)18(32)30-22(31)35/h1-11,16-17,21H,12H2,(H,30,32,35)/t16-,17-,21?/m1/s1. The van der Waals surface area contributed by atoms with Gasteiger partial charge in [-0.15, -0.1) is 0 Å². The third-order valence-corrected chi connectivity index (χ3v) is 5.51. The summed E-state index contributed by atoms with van der Waals surface area (Å²) in [5.74, 6) is -6.50. The number of nitrogens with one attached hydrogen (secondary N) is 1. The van der Waals surface area contributed by atoms with Crippen LogP contribution >= 0.6 is 0 Å². The van der Waals surface area contributed by atoms with E-state index in [0.29, 0.717) is 0 Å². The summed E-state index contributed by atoms with van der Waals surface area (Å²) in [5, 5.41) is 0. The molecule has 4 rings (SSSR count). The van der Waals surface area contributed by atoms with E-state index in [0.717, 1.165) is 0 Å². The van der Waals surface area contributed by atoms with Crippen molar-refractivity contribution in [2.45, 2.75) is 30.5 Å². The molecule has 14 heteroatoms. The van der Waals surface area contributed by atoms with E-state index >= 15 is 8.78 Å². The minimum Gasteiger partial charge on any atom is -0.459 e. The van der Waals surface area contributed by atoms with E-state index in [4.69, 9.17) is 14.2 Å². The summed E-state index contributed by atoms with van der Waals surface area (Å²) in [7, 11) is 0. The van der Waals surface area contributed by atoms with Gasteiger partial charge < -0.3 is 14.2 Å². The van der Waals surface area contributed by atoms with Crippen molar-refractivity contribution < 1.29 is 45.8 Å². The third-order valence-electron chi connectivity index (χ3n) is 5.51. The highest BCUT2D eigenvalue weighted by molar-refractivity contribution is 5.90. The summed E-state index contributed by atoms with van der Waals surface area (Å²) in [4.78, 5) is 50.0. The Hall–Kier alpha value is -4.33. The van der Waals surface area contributed by atoms with Gasteiger partial charge in [0.15, 0.2) is 6.10 Å². The summed E-state index contributed by atoms with van der Waals surface area (Å²) in [5.41, 5.74) is -5.50. The van der Waals surface area contributed by atoms with Crippen LogP contribution < -0.4 is 11.2 Å². The zero-order chi connectivity index (χ0) is 27.7. The highest BCUT2D eigenvalue weighted by atomic mass is 19.4. The van der Waals surface area contributed by atoms with Gasteiger partial charge in [-0.3, -0.25) is 14.3 Å². The van der Waals surface area contributed by atoms with Crippen molar-refractivity contribution >= 4 is 11.9 Å². The van der Waals surface area contributed by atoms with Crippen LogP contribution in [0.1, 0.15) is 32.5 Å². The van der Waals surface area contributed by atoms with Crippen molar-refractivity contribution in [2.75, 3.05) is 6.61 Å². The number of alkyl halides is 5. The third kappa shape index (κ3) is 5.34. The van der Waals surface area contributed by atoms with E-state index in [-0.39, 0.29) is 21.9 Å². The van der Waals surface area contributed by atoms with E-state index in [2.05, 4.69) is 0 Å². The van der Waals surface area contributed by atoms with Gasteiger partial charge in [0, 0.05) is 6.20 Å². The monoisotopic (exact) mass is 540 g/mol. The number of hydrogen-bond acceptors (Lipinski definition) is 7. The SMILES string of the molecule is O=C(OC[C@H]1OC(n2cc(C(F)(F)F)c(=O)[nH]c2=O)C(F)(F)[C@@H]1OC(=O)c1ccccc1)c1ccccc1. The molecule has 0 saturated carbocycles. The van der Waals surface area contributed by atoms with Crippen molar-refractivity contribution in [1.82, 2.24) is 9.55 Å². The lowest BCUT2D eigenvalue weighted by atomic mass is 10.1. The number of aromatic amines is 1.